The number of rotatable bonds is 3. The summed E-state index contributed by atoms with van der Waals surface area (Å²) in [6.45, 7) is 4.48. The van der Waals surface area contributed by atoms with Gasteiger partial charge in [0.15, 0.2) is 0 Å². The molecule has 1 unspecified atom stereocenters. The quantitative estimate of drug-likeness (QED) is 0.704. The molecule has 0 aromatic carbocycles. The van der Waals surface area contributed by atoms with Gasteiger partial charge in [0.05, 0.1) is 0 Å². The molecule has 0 aromatic heterocycles. The Balaban J connectivity index is 2.59. The van der Waals surface area contributed by atoms with E-state index in [4.69, 9.17) is 5.11 Å². The van der Waals surface area contributed by atoms with Crippen molar-refractivity contribution in [2.24, 2.45) is 5.92 Å². The molecule has 0 fully saturated rings. The van der Waals surface area contributed by atoms with Gasteiger partial charge >= 0.3 is 0 Å². The fraction of sp³-hybridized carbons (Fsp3) is 0.500. The van der Waals surface area contributed by atoms with E-state index in [0.717, 1.165) is 12.8 Å². The van der Waals surface area contributed by atoms with Crippen molar-refractivity contribution in [3.05, 3.63) is 35.5 Å². The minimum atomic E-state index is 0.272. The summed E-state index contributed by atoms with van der Waals surface area (Å²) in [4.78, 5) is 0. The van der Waals surface area contributed by atoms with E-state index in [2.05, 4.69) is 38.2 Å². The minimum absolute atomic E-state index is 0.272. The molecule has 0 amide bonds. The maximum absolute atomic E-state index is 8.92. The molecule has 0 aromatic rings. The fourth-order valence-electron chi connectivity index (χ4n) is 1.37. The van der Waals surface area contributed by atoms with E-state index < -0.39 is 0 Å². The van der Waals surface area contributed by atoms with Gasteiger partial charge in [-0.25, -0.2) is 0 Å². The maximum Gasteiger partial charge on any atom is 0.0459 e. The Morgan fingerprint density at radius 1 is 1.46 bits per heavy atom. The fourth-order valence-corrected chi connectivity index (χ4v) is 1.37. The van der Waals surface area contributed by atoms with Crippen LogP contribution in [0.25, 0.3) is 0 Å². The van der Waals surface area contributed by atoms with Crippen LogP contribution < -0.4 is 0 Å². The Morgan fingerprint density at radius 3 is 2.92 bits per heavy atom. The Labute approximate surface area is 80.5 Å². The molecule has 0 aliphatic heterocycles. The lowest BCUT2D eigenvalue weighted by molar-refractivity contribution is 0.237. The van der Waals surface area contributed by atoms with E-state index in [0.29, 0.717) is 5.92 Å². The summed E-state index contributed by atoms with van der Waals surface area (Å²) >= 11 is 0. The summed E-state index contributed by atoms with van der Waals surface area (Å²) in [5.74, 6) is 0.364. The summed E-state index contributed by atoms with van der Waals surface area (Å²) in [7, 11) is 0. The molecule has 0 saturated carbocycles. The molecule has 0 spiro atoms. The lowest BCUT2D eigenvalue weighted by atomic mass is 10.0. The van der Waals surface area contributed by atoms with Crippen LogP contribution in [-0.2, 0) is 0 Å². The molecule has 1 atom stereocenters. The van der Waals surface area contributed by atoms with E-state index >= 15 is 0 Å². The first-order chi connectivity index (χ1) is 6.22. The molecule has 1 N–H and O–H groups in total. The highest BCUT2D eigenvalue weighted by Crippen LogP contribution is 2.17. The van der Waals surface area contributed by atoms with Crippen LogP contribution in [0.2, 0.25) is 0 Å². The second-order valence-corrected chi connectivity index (χ2v) is 3.85. The van der Waals surface area contributed by atoms with Gasteiger partial charge in [-0.3, -0.25) is 0 Å². The van der Waals surface area contributed by atoms with Crippen LogP contribution in [0.5, 0.6) is 0 Å². The smallest absolute Gasteiger partial charge is 0.0459 e. The third-order valence-corrected chi connectivity index (χ3v) is 2.25. The van der Waals surface area contributed by atoms with Crippen LogP contribution in [0.3, 0.4) is 0 Å². The van der Waals surface area contributed by atoms with Gasteiger partial charge in [-0.1, -0.05) is 36.8 Å². The van der Waals surface area contributed by atoms with Crippen molar-refractivity contribution in [2.75, 3.05) is 6.61 Å². The molecule has 1 aliphatic rings. The molecular formula is C12H18O. The number of allylic oxidation sites excluding steroid dienone is 6. The minimum Gasteiger partial charge on any atom is -0.396 e. The van der Waals surface area contributed by atoms with E-state index in [9.17, 15) is 0 Å². The lowest BCUT2D eigenvalue weighted by Gasteiger charge is -2.07. The van der Waals surface area contributed by atoms with Gasteiger partial charge in [-0.15, -0.1) is 0 Å². The van der Waals surface area contributed by atoms with Crippen molar-refractivity contribution in [1.29, 1.82) is 0 Å². The third kappa shape index (κ3) is 3.60. The Morgan fingerprint density at radius 2 is 2.23 bits per heavy atom. The average molecular weight is 178 g/mol. The monoisotopic (exact) mass is 178 g/mol. The molecule has 1 nitrogen and oxygen atoms in total. The van der Waals surface area contributed by atoms with Gasteiger partial charge in [-0.2, -0.15) is 0 Å². The maximum atomic E-state index is 8.92. The standard InChI is InChI=1S/C12H18O/c1-10-4-3-5-12(7-6-10)8-11(2)9-13/h3,5-7,11,13H,4,8-9H2,1-2H3. The molecular weight excluding hydrogens is 160 g/mol. The number of aliphatic hydroxyl groups is 1. The molecule has 1 heteroatoms. The highest BCUT2D eigenvalue weighted by atomic mass is 16.3. The lowest BCUT2D eigenvalue weighted by Crippen LogP contribution is -2.00. The van der Waals surface area contributed by atoms with Gasteiger partial charge < -0.3 is 5.11 Å². The van der Waals surface area contributed by atoms with Gasteiger partial charge in [0.2, 0.25) is 0 Å². The van der Waals surface area contributed by atoms with Crippen LogP contribution in [0.15, 0.2) is 35.5 Å². The predicted molar refractivity (Wildman–Crippen MR) is 56.5 cm³/mol. The molecule has 0 saturated heterocycles. The first-order valence-corrected chi connectivity index (χ1v) is 4.86. The average Bonchev–Trinajstić information content (AvgIpc) is 2.31. The van der Waals surface area contributed by atoms with Crippen molar-refractivity contribution >= 4 is 0 Å². The number of hydrogen-bond acceptors (Lipinski definition) is 1. The summed E-state index contributed by atoms with van der Waals surface area (Å²) in [6.07, 6.45) is 10.7. The SMILES string of the molecule is CC1=CC=C(CC(C)CO)C=CC1. The first kappa shape index (κ1) is 10.3. The highest BCUT2D eigenvalue weighted by molar-refractivity contribution is 5.30. The van der Waals surface area contributed by atoms with Gasteiger partial charge in [0.1, 0.15) is 0 Å². The van der Waals surface area contributed by atoms with Crippen LogP contribution in [-0.4, -0.2) is 11.7 Å². The van der Waals surface area contributed by atoms with Crippen molar-refractivity contribution in [1.82, 2.24) is 0 Å². The highest BCUT2D eigenvalue weighted by Gasteiger charge is 2.02. The molecule has 1 rings (SSSR count). The predicted octanol–water partition coefficient (Wildman–Crippen LogP) is 2.84. The molecule has 0 radical (unpaired) electrons. The Bertz CT molecular complexity index is 246. The van der Waals surface area contributed by atoms with Gasteiger partial charge in [0, 0.05) is 6.61 Å². The molecule has 72 valence electrons. The Hall–Kier alpha value is -0.820. The van der Waals surface area contributed by atoms with Crippen LogP contribution in [0, 0.1) is 5.92 Å². The number of hydrogen-bond donors (Lipinski definition) is 1. The van der Waals surface area contributed by atoms with E-state index in [1.807, 2.05) is 0 Å². The zero-order valence-corrected chi connectivity index (χ0v) is 8.46. The summed E-state index contributed by atoms with van der Waals surface area (Å²) in [6, 6.07) is 0. The zero-order chi connectivity index (χ0) is 9.68. The molecule has 1 aliphatic carbocycles. The Kier molecular flexibility index (Phi) is 3.97. The number of aliphatic hydroxyl groups excluding tert-OH is 1. The van der Waals surface area contributed by atoms with Crippen LogP contribution >= 0.6 is 0 Å². The van der Waals surface area contributed by atoms with Crippen molar-refractivity contribution in [3.8, 4) is 0 Å². The van der Waals surface area contributed by atoms with Crippen molar-refractivity contribution < 1.29 is 5.11 Å². The van der Waals surface area contributed by atoms with Crippen molar-refractivity contribution in [2.45, 2.75) is 26.7 Å². The summed E-state index contributed by atoms with van der Waals surface area (Å²) in [5.41, 5.74) is 2.71. The van der Waals surface area contributed by atoms with E-state index in [1.165, 1.54) is 11.1 Å². The van der Waals surface area contributed by atoms with Gasteiger partial charge in [-0.05, 0) is 31.3 Å². The third-order valence-electron chi connectivity index (χ3n) is 2.25. The molecule has 0 bridgehead atoms. The van der Waals surface area contributed by atoms with Gasteiger partial charge in [0.25, 0.3) is 0 Å². The topological polar surface area (TPSA) is 20.2 Å². The van der Waals surface area contributed by atoms with E-state index in [1.54, 1.807) is 0 Å². The zero-order valence-electron chi connectivity index (χ0n) is 8.46. The molecule has 0 heterocycles. The largest absolute Gasteiger partial charge is 0.396 e. The first-order valence-electron chi connectivity index (χ1n) is 4.86. The van der Waals surface area contributed by atoms with Crippen molar-refractivity contribution in [3.63, 3.8) is 0 Å². The second kappa shape index (κ2) is 5.03. The normalized spacial score (nSPS) is 19.0. The summed E-state index contributed by atoms with van der Waals surface area (Å²) in [5, 5.41) is 8.92. The van der Waals surface area contributed by atoms with Crippen LogP contribution in [0.4, 0.5) is 0 Å². The van der Waals surface area contributed by atoms with Crippen LogP contribution in [0.1, 0.15) is 26.7 Å². The molecule has 13 heavy (non-hydrogen) atoms. The second-order valence-electron chi connectivity index (χ2n) is 3.85. The van der Waals surface area contributed by atoms with E-state index in [-0.39, 0.29) is 6.61 Å². The summed E-state index contributed by atoms with van der Waals surface area (Å²) < 4.78 is 0.